The Morgan fingerprint density at radius 1 is 1.64 bits per heavy atom. The third-order valence-corrected chi connectivity index (χ3v) is 2.29. The summed E-state index contributed by atoms with van der Waals surface area (Å²) < 4.78 is 5.56. The Morgan fingerprint density at radius 3 is 3.29 bits per heavy atom. The van der Waals surface area contributed by atoms with Crippen molar-refractivity contribution in [3.8, 4) is 0 Å². The van der Waals surface area contributed by atoms with E-state index in [1.807, 2.05) is 6.07 Å². The van der Waals surface area contributed by atoms with E-state index in [-0.39, 0.29) is 6.10 Å². The zero-order chi connectivity index (χ0) is 9.80. The van der Waals surface area contributed by atoms with E-state index in [4.69, 9.17) is 4.74 Å². The van der Waals surface area contributed by atoms with Crippen molar-refractivity contribution >= 4 is 6.29 Å². The molecule has 0 bridgehead atoms. The van der Waals surface area contributed by atoms with Gasteiger partial charge in [0, 0.05) is 31.0 Å². The van der Waals surface area contributed by atoms with Crippen molar-refractivity contribution in [1.29, 1.82) is 0 Å². The van der Waals surface area contributed by atoms with Crippen molar-refractivity contribution < 1.29 is 9.53 Å². The van der Waals surface area contributed by atoms with E-state index in [1.165, 1.54) is 0 Å². The molecule has 2 rings (SSSR count). The van der Waals surface area contributed by atoms with E-state index < -0.39 is 0 Å². The van der Waals surface area contributed by atoms with Crippen LogP contribution in [0.25, 0.3) is 0 Å². The lowest BCUT2D eigenvalue weighted by Crippen LogP contribution is -2.33. The minimum atomic E-state index is -0.0213. The van der Waals surface area contributed by atoms with Crippen molar-refractivity contribution in [2.75, 3.05) is 19.7 Å². The van der Waals surface area contributed by atoms with Gasteiger partial charge in [-0.15, -0.1) is 0 Å². The normalized spacial score (nSPS) is 21.9. The van der Waals surface area contributed by atoms with Crippen LogP contribution in [0.2, 0.25) is 0 Å². The Morgan fingerprint density at radius 2 is 2.57 bits per heavy atom. The van der Waals surface area contributed by atoms with Crippen molar-refractivity contribution in [3.63, 3.8) is 0 Å². The summed E-state index contributed by atoms with van der Waals surface area (Å²) in [6, 6.07) is 1.83. The van der Waals surface area contributed by atoms with Crippen LogP contribution in [0.4, 0.5) is 0 Å². The fourth-order valence-corrected chi connectivity index (χ4v) is 1.57. The number of carbonyl (C=O) groups is 1. The van der Waals surface area contributed by atoms with Gasteiger partial charge in [-0.05, 0) is 11.6 Å². The van der Waals surface area contributed by atoms with Crippen LogP contribution >= 0.6 is 0 Å². The number of rotatable bonds is 2. The van der Waals surface area contributed by atoms with Crippen LogP contribution in [0.15, 0.2) is 18.5 Å². The molecule has 2 heterocycles. The average molecular weight is 192 g/mol. The van der Waals surface area contributed by atoms with E-state index in [9.17, 15) is 4.79 Å². The van der Waals surface area contributed by atoms with Crippen LogP contribution in [0.1, 0.15) is 22.0 Å². The molecular formula is C10H12N2O2. The first-order valence-electron chi connectivity index (χ1n) is 4.63. The molecule has 0 saturated carbocycles. The summed E-state index contributed by atoms with van der Waals surface area (Å²) in [7, 11) is 0. The van der Waals surface area contributed by atoms with Crippen LogP contribution in [-0.4, -0.2) is 31.0 Å². The summed E-state index contributed by atoms with van der Waals surface area (Å²) in [6.07, 6.45) is 4.05. The smallest absolute Gasteiger partial charge is 0.151 e. The maximum Gasteiger partial charge on any atom is 0.151 e. The Hall–Kier alpha value is -1.26. The molecule has 1 aliphatic heterocycles. The fourth-order valence-electron chi connectivity index (χ4n) is 1.57. The molecule has 74 valence electrons. The first kappa shape index (κ1) is 9.30. The van der Waals surface area contributed by atoms with Gasteiger partial charge in [-0.2, -0.15) is 0 Å². The van der Waals surface area contributed by atoms with Gasteiger partial charge in [-0.3, -0.25) is 9.78 Å². The molecule has 1 fully saturated rings. The molecule has 0 aromatic carbocycles. The lowest BCUT2D eigenvalue weighted by Gasteiger charge is -2.24. The van der Waals surface area contributed by atoms with Gasteiger partial charge in [0.15, 0.2) is 6.29 Å². The molecule has 0 amide bonds. The summed E-state index contributed by atoms with van der Waals surface area (Å²) >= 11 is 0. The summed E-state index contributed by atoms with van der Waals surface area (Å²) in [6.45, 7) is 2.31. The van der Waals surface area contributed by atoms with Crippen molar-refractivity contribution in [2.24, 2.45) is 0 Å². The topological polar surface area (TPSA) is 51.2 Å². The molecule has 14 heavy (non-hydrogen) atoms. The van der Waals surface area contributed by atoms with Gasteiger partial charge in [0.05, 0.1) is 12.7 Å². The first-order chi connectivity index (χ1) is 6.92. The standard InChI is InChI=1S/C10H12N2O2/c13-7-8-5-11-2-1-9(8)10-6-12-3-4-14-10/h1-2,5,7,10,12H,3-4,6H2. The molecule has 4 nitrogen and oxygen atoms in total. The highest BCUT2D eigenvalue weighted by atomic mass is 16.5. The predicted molar refractivity (Wildman–Crippen MR) is 51.2 cm³/mol. The summed E-state index contributed by atoms with van der Waals surface area (Å²) in [5.41, 5.74) is 1.53. The second kappa shape index (κ2) is 4.30. The lowest BCUT2D eigenvalue weighted by molar-refractivity contribution is 0.0272. The molecule has 4 heteroatoms. The molecule has 0 radical (unpaired) electrons. The fraction of sp³-hybridized carbons (Fsp3) is 0.400. The average Bonchev–Trinajstić information content (AvgIpc) is 2.30. The maximum absolute atomic E-state index is 10.8. The van der Waals surface area contributed by atoms with Crippen LogP contribution in [0, 0.1) is 0 Å². The summed E-state index contributed by atoms with van der Waals surface area (Å²) in [5, 5.41) is 3.22. The van der Waals surface area contributed by atoms with Gasteiger partial charge in [-0.25, -0.2) is 0 Å². The van der Waals surface area contributed by atoms with Gasteiger partial charge in [-0.1, -0.05) is 0 Å². The highest BCUT2D eigenvalue weighted by Crippen LogP contribution is 2.20. The van der Waals surface area contributed by atoms with Crippen LogP contribution < -0.4 is 5.32 Å². The van der Waals surface area contributed by atoms with Crippen LogP contribution in [0.3, 0.4) is 0 Å². The number of morpholine rings is 1. The number of nitrogens with zero attached hydrogens (tertiary/aromatic N) is 1. The molecule has 1 aromatic heterocycles. The number of nitrogens with one attached hydrogen (secondary N) is 1. The van der Waals surface area contributed by atoms with Gasteiger partial charge >= 0.3 is 0 Å². The predicted octanol–water partition coefficient (Wildman–Crippen LogP) is 0.555. The second-order valence-corrected chi connectivity index (χ2v) is 3.19. The maximum atomic E-state index is 10.8. The summed E-state index contributed by atoms with van der Waals surface area (Å²) in [4.78, 5) is 14.7. The highest BCUT2D eigenvalue weighted by molar-refractivity contribution is 5.76. The monoisotopic (exact) mass is 192 g/mol. The van der Waals surface area contributed by atoms with E-state index in [0.29, 0.717) is 12.2 Å². The van der Waals surface area contributed by atoms with Crippen LogP contribution in [0.5, 0.6) is 0 Å². The zero-order valence-electron chi connectivity index (χ0n) is 7.77. The number of carbonyl (C=O) groups excluding carboxylic acids is 1. The molecule has 1 aromatic rings. The minimum absolute atomic E-state index is 0.0213. The molecule has 0 aliphatic carbocycles. The Balaban J connectivity index is 2.24. The zero-order valence-corrected chi connectivity index (χ0v) is 7.77. The lowest BCUT2D eigenvalue weighted by atomic mass is 10.1. The van der Waals surface area contributed by atoms with E-state index in [1.54, 1.807) is 12.4 Å². The summed E-state index contributed by atoms with van der Waals surface area (Å²) in [5.74, 6) is 0. The number of hydrogen-bond donors (Lipinski definition) is 1. The molecule has 0 spiro atoms. The molecule has 1 aliphatic rings. The molecule has 1 unspecified atom stereocenters. The SMILES string of the molecule is O=Cc1cnccc1C1CNCCO1. The third kappa shape index (κ3) is 1.81. The number of aromatic nitrogens is 1. The number of aldehydes is 1. The van der Waals surface area contributed by atoms with Gasteiger partial charge in [0.2, 0.25) is 0 Å². The van der Waals surface area contributed by atoms with Crippen LogP contribution in [-0.2, 0) is 4.74 Å². The highest BCUT2D eigenvalue weighted by Gasteiger charge is 2.18. The van der Waals surface area contributed by atoms with Crippen molar-refractivity contribution in [3.05, 3.63) is 29.6 Å². The molecular weight excluding hydrogens is 180 g/mol. The number of pyridine rings is 1. The number of hydrogen-bond acceptors (Lipinski definition) is 4. The van der Waals surface area contributed by atoms with Gasteiger partial charge in [0.25, 0.3) is 0 Å². The van der Waals surface area contributed by atoms with E-state index in [0.717, 1.165) is 24.9 Å². The molecule has 1 atom stereocenters. The largest absolute Gasteiger partial charge is 0.371 e. The second-order valence-electron chi connectivity index (χ2n) is 3.19. The number of ether oxygens (including phenoxy) is 1. The van der Waals surface area contributed by atoms with Gasteiger partial charge in [0.1, 0.15) is 0 Å². The van der Waals surface area contributed by atoms with Gasteiger partial charge < -0.3 is 10.1 Å². The van der Waals surface area contributed by atoms with Crippen molar-refractivity contribution in [2.45, 2.75) is 6.10 Å². The Bertz CT molecular complexity index is 322. The molecule has 1 saturated heterocycles. The third-order valence-electron chi connectivity index (χ3n) is 2.29. The quantitative estimate of drug-likeness (QED) is 0.695. The van der Waals surface area contributed by atoms with E-state index in [2.05, 4.69) is 10.3 Å². The first-order valence-corrected chi connectivity index (χ1v) is 4.63. The minimum Gasteiger partial charge on any atom is -0.371 e. The van der Waals surface area contributed by atoms with E-state index >= 15 is 0 Å². The van der Waals surface area contributed by atoms with Crippen molar-refractivity contribution in [1.82, 2.24) is 10.3 Å². The Labute approximate surface area is 82.3 Å². The molecule has 1 N–H and O–H groups in total. The Kier molecular flexibility index (Phi) is 2.86.